The van der Waals surface area contributed by atoms with E-state index in [1.54, 1.807) is 0 Å². The third kappa shape index (κ3) is 1.91. The molecular weight excluding hydrogens is 190 g/mol. The van der Waals surface area contributed by atoms with Gasteiger partial charge < -0.3 is 10.3 Å². The Morgan fingerprint density at radius 2 is 2.13 bits per heavy atom. The third-order valence-electron chi connectivity index (χ3n) is 3.60. The average Bonchev–Trinajstić information content (AvgIpc) is 2.91. The SMILES string of the molecule is NC(c1noc(CC2CCC2)n1)C1CC1. The molecule has 0 saturated heterocycles. The number of aromatic nitrogens is 2. The van der Waals surface area contributed by atoms with E-state index >= 15 is 0 Å². The molecule has 1 unspecified atom stereocenters. The minimum Gasteiger partial charge on any atom is -0.339 e. The van der Waals surface area contributed by atoms with Crippen molar-refractivity contribution in [2.24, 2.45) is 17.6 Å². The lowest BCUT2D eigenvalue weighted by atomic mass is 9.83. The van der Waals surface area contributed by atoms with E-state index in [9.17, 15) is 0 Å². The van der Waals surface area contributed by atoms with Crippen LogP contribution in [-0.2, 0) is 6.42 Å². The zero-order chi connectivity index (χ0) is 10.3. The van der Waals surface area contributed by atoms with Gasteiger partial charge in [0.25, 0.3) is 0 Å². The van der Waals surface area contributed by atoms with Crippen LogP contribution >= 0.6 is 0 Å². The number of nitrogens with two attached hydrogens (primary N) is 1. The van der Waals surface area contributed by atoms with E-state index in [4.69, 9.17) is 10.3 Å². The highest BCUT2D eigenvalue weighted by Gasteiger charge is 2.32. The summed E-state index contributed by atoms with van der Waals surface area (Å²) in [6.07, 6.45) is 7.36. The molecule has 0 aromatic carbocycles. The summed E-state index contributed by atoms with van der Waals surface area (Å²) in [6.45, 7) is 0. The predicted molar refractivity (Wildman–Crippen MR) is 55.0 cm³/mol. The first-order valence-corrected chi connectivity index (χ1v) is 5.91. The van der Waals surface area contributed by atoms with Crippen LogP contribution in [0.25, 0.3) is 0 Å². The zero-order valence-corrected chi connectivity index (χ0v) is 8.85. The summed E-state index contributed by atoms with van der Waals surface area (Å²) < 4.78 is 5.23. The summed E-state index contributed by atoms with van der Waals surface area (Å²) in [4.78, 5) is 4.39. The van der Waals surface area contributed by atoms with Gasteiger partial charge in [-0.2, -0.15) is 4.98 Å². The van der Waals surface area contributed by atoms with Gasteiger partial charge in [0.1, 0.15) is 0 Å². The van der Waals surface area contributed by atoms with Gasteiger partial charge in [0.2, 0.25) is 5.89 Å². The fraction of sp³-hybridized carbons (Fsp3) is 0.818. The summed E-state index contributed by atoms with van der Waals surface area (Å²) in [7, 11) is 0. The first-order valence-electron chi connectivity index (χ1n) is 5.91. The Morgan fingerprint density at radius 3 is 2.73 bits per heavy atom. The van der Waals surface area contributed by atoms with E-state index < -0.39 is 0 Å². The van der Waals surface area contributed by atoms with Gasteiger partial charge in [0.15, 0.2) is 5.82 Å². The normalized spacial score (nSPS) is 23.8. The Hall–Kier alpha value is -0.900. The molecule has 82 valence electrons. The lowest BCUT2D eigenvalue weighted by Crippen LogP contribution is -2.15. The molecule has 2 fully saturated rings. The van der Waals surface area contributed by atoms with Crippen molar-refractivity contribution in [2.45, 2.75) is 44.6 Å². The molecule has 1 aromatic heterocycles. The van der Waals surface area contributed by atoms with Gasteiger partial charge in [-0.3, -0.25) is 0 Å². The molecule has 0 bridgehead atoms. The van der Waals surface area contributed by atoms with E-state index in [-0.39, 0.29) is 6.04 Å². The van der Waals surface area contributed by atoms with Crippen molar-refractivity contribution >= 4 is 0 Å². The molecule has 4 heteroatoms. The third-order valence-corrected chi connectivity index (χ3v) is 3.60. The number of nitrogens with zero attached hydrogens (tertiary/aromatic N) is 2. The second-order valence-electron chi connectivity index (χ2n) is 4.91. The molecule has 1 aromatic rings. The van der Waals surface area contributed by atoms with E-state index in [0.717, 1.165) is 18.2 Å². The maximum absolute atomic E-state index is 6.01. The van der Waals surface area contributed by atoms with Crippen molar-refractivity contribution in [1.29, 1.82) is 0 Å². The molecule has 3 rings (SSSR count). The van der Waals surface area contributed by atoms with Crippen LogP contribution in [0.15, 0.2) is 4.52 Å². The molecule has 4 nitrogen and oxygen atoms in total. The van der Waals surface area contributed by atoms with Crippen LogP contribution in [0.2, 0.25) is 0 Å². The number of hydrogen-bond acceptors (Lipinski definition) is 4. The molecule has 2 saturated carbocycles. The highest BCUT2D eigenvalue weighted by molar-refractivity contribution is 5.00. The molecule has 2 aliphatic carbocycles. The van der Waals surface area contributed by atoms with Crippen LogP contribution in [0, 0.1) is 11.8 Å². The monoisotopic (exact) mass is 207 g/mol. The number of rotatable bonds is 4. The van der Waals surface area contributed by atoms with Crippen molar-refractivity contribution in [1.82, 2.24) is 10.1 Å². The average molecular weight is 207 g/mol. The molecule has 1 atom stereocenters. The molecule has 1 heterocycles. The van der Waals surface area contributed by atoms with Crippen LogP contribution in [0.4, 0.5) is 0 Å². The Labute approximate surface area is 89.2 Å². The molecule has 15 heavy (non-hydrogen) atoms. The summed E-state index contributed by atoms with van der Waals surface area (Å²) in [6, 6.07) is 0.00360. The summed E-state index contributed by atoms with van der Waals surface area (Å²) in [5.41, 5.74) is 6.01. The largest absolute Gasteiger partial charge is 0.339 e. The smallest absolute Gasteiger partial charge is 0.226 e. The van der Waals surface area contributed by atoms with Crippen molar-refractivity contribution in [3.63, 3.8) is 0 Å². The lowest BCUT2D eigenvalue weighted by Gasteiger charge is -2.23. The van der Waals surface area contributed by atoms with Gasteiger partial charge in [0.05, 0.1) is 6.04 Å². The summed E-state index contributed by atoms with van der Waals surface area (Å²) >= 11 is 0. The molecule has 0 spiro atoms. The van der Waals surface area contributed by atoms with Crippen LogP contribution in [-0.4, -0.2) is 10.1 Å². The Bertz CT molecular complexity index is 341. The Balaban J connectivity index is 1.63. The second kappa shape index (κ2) is 3.59. The molecular formula is C11H17N3O. The number of hydrogen-bond donors (Lipinski definition) is 1. The van der Waals surface area contributed by atoms with Crippen molar-refractivity contribution < 1.29 is 4.52 Å². The topological polar surface area (TPSA) is 64.9 Å². The van der Waals surface area contributed by atoms with E-state index in [0.29, 0.717) is 11.7 Å². The molecule has 0 radical (unpaired) electrons. The lowest BCUT2D eigenvalue weighted by molar-refractivity contribution is 0.272. The second-order valence-corrected chi connectivity index (χ2v) is 4.91. The first kappa shape index (κ1) is 9.33. The maximum atomic E-state index is 6.01. The van der Waals surface area contributed by atoms with Gasteiger partial charge in [-0.05, 0) is 37.5 Å². The summed E-state index contributed by atoms with van der Waals surface area (Å²) in [5, 5.41) is 3.98. The highest BCUT2D eigenvalue weighted by atomic mass is 16.5. The van der Waals surface area contributed by atoms with Crippen molar-refractivity contribution in [3.8, 4) is 0 Å². The van der Waals surface area contributed by atoms with Gasteiger partial charge in [-0.25, -0.2) is 0 Å². The minimum absolute atomic E-state index is 0.00360. The minimum atomic E-state index is 0.00360. The van der Waals surface area contributed by atoms with Crippen molar-refractivity contribution in [3.05, 3.63) is 11.7 Å². The van der Waals surface area contributed by atoms with Crippen LogP contribution in [0.3, 0.4) is 0 Å². The van der Waals surface area contributed by atoms with Crippen LogP contribution in [0.1, 0.15) is 49.9 Å². The standard InChI is InChI=1S/C11H17N3O/c12-10(8-4-5-8)11-13-9(15-14-11)6-7-2-1-3-7/h7-8,10H,1-6,12H2. The van der Waals surface area contributed by atoms with Gasteiger partial charge in [-0.15, -0.1) is 0 Å². The van der Waals surface area contributed by atoms with Gasteiger partial charge in [0, 0.05) is 6.42 Å². The fourth-order valence-electron chi connectivity index (χ4n) is 2.10. The Kier molecular flexibility index (Phi) is 2.24. The van der Waals surface area contributed by atoms with E-state index in [1.807, 2.05) is 0 Å². The maximum Gasteiger partial charge on any atom is 0.226 e. The Morgan fingerprint density at radius 1 is 1.33 bits per heavy atom. The van der Waals surface area contributed by atoms with Crippen LogP contribution in [0.5, 0.6) is 0 Å². The highest BCUT2D eigenvalue weighted by Crippen LogP contribution is 2.38. The predicted octanol–water partition coefficient (Wildman–Crippen LogP) is 1.82. The van der Waals surface area contributed by atoms with Crippen LogP contribution < -0.4 is 5.73 Å². The van der Waals surface area contributed by atoms with E-state index in [1.165, 1.54) is 32.1 Å². The molecule has 0 aliphatic heterocycles. The van der Waals surface area contributed by atoms with Crippen molar-refractivity contribution in [2.75, 3.05) is 0 Å². The first-order chi connectivity index (χ1) is 7.33. The van der Waals surface area contributed by atoms with Gasteiger partial charge in [-0.1, -0.05) is 11.6 Å². The van der Waals surface area contributed by atoms with E-state index in [2.05, 4.69) is 10.1 Å². The molecule has 2 aliphatic rings. The van der Waals surface area contributed by atoms with Gasteiger partial charge >= 0.3 is 0 Å². The molecule has 2 N–H and O–H groups in total. The zero-order valence-electron chi connectivity index (χ0n) is 8.85. The quantitative estimate of drug-likeness (QED) is 0.818. The summed E-state index contributed by atoms with van der Waals surface area (Å²) in [5.74, 6) is 2.87. The molecule has 0 amide bonds. The fourth-order valence-corrected chi connectivity index (χ4v) is 2.10.